The van der Waals surface area contributed by atoms with Gasteiger partial charge in [-0.05, 0) is 31.8 Å². The predicted molar refractivity (Wildman–Crippen MR) is 97.1 cm³/mol. The quantitative estimate of drug-likeness (QED) is 0.737. The molecule has 134 valence electrons. The number of nitrogens with one attached hydrogen (secondary N) is 1. The number of aromatic nitrogens is 1. The number of hydrogen-bond acceptors (Lipinski definition) is 4. The van der Waals surface area contributed by atoms with Crippen molar-refractivity contribution in [2.45, 2.75) is 6.04 Å². The third kappa shape index (κ3) is 4.15. The molecule has 0 saturated carbocycles. The van der Waals surface area contributed by atoms with E-state index in [1.807, 2.05) is 55.4 Å². The first-order chi connectivity index (χ1) is 12.5. The van der Waals surface area contributed by atoms with Gasteiger partial charge in [-0.15, -0.1) is 0 Å². The van der Waals surface area contributed by atoms with Crippen LogP contribution in [-0.2, 0) is 0 Å². The van der Waals surface area contributed by atoms with E-state index in [0.29, 0.717) is 12.3 Å². The van der Waals surface area contributed by atoms with Crippen molar-refractivity contribution in [3.8, 4) is 11.3 Å². The first-order valence-electron chi connectivity index (χ1n) is 8.27. The highest BCUT2D eigenvalue weighted by Gasteiger charge is 2.18. The minimum atomic E-state index is -0.334. The Balaban J connectivity index is 1.68. The fraction of sp³-hybridized carbons (Fsp3) is 0.200. The van der Waals surface area contributed by atoms with Gasteiger partial charge in [0.1, 0.15) is 5.82 Å². The van der Waals surface area contributed by atoms with Gasteiger partial charge < -0.3 is 14.7 Å². The summed E-state index contributed by atoms with van der Waals surface area (Å²) in [6.45, 7) is 0.322. The highest BCUT2D eigenvalue weighted by molar-refractivity contribution is 5.93. The zero-order valence-electron chi connectivity index (χ0n) is 14.6. The first-order valence-corrected chi connectivity index (χ1v) is 8.27. The lowest BCUT2D eigenvalue weighted by Gasteiger charge is -2.25. The van der Waals surface area contributed by atoms with E-state index < -0.39 is 0 Å². The van der Waals surface area contributed by atoms with Crippen LogP contribution in [0.1, 0.15) is 22.1 Å². The first kappa shape index (κ1) is 17.8. The van der Waals surface area contributed by atoms with Crippen LogP contribution in [0.25, 0.3) is 11.3 Å². The lowest BCUT2D eigenvalue weighted by Crippen LogP contribution is -2.34. The molecule has 2 aromatic carbocycles. The van der Waals surface area contributed by atoms with Gasteiger partial charge in [0.05, 0.1) is 6.04 Å². The number of halogens is 1. The SMILES string of the molecule is CN(C)C(CNC(=O)c1cc(-c2ccccc2)on1)c1cccc(F)c1. The van der Waals surface area contributed by atoms with Crippen molar-refractivity contribution < 1.29 is 13.7 Å². The van der Waals surface area contributed by atoms with Crippen molar-refractivity contribution in [3.05, 3.63) is 77.7 Å². The van der Waals surface area contributed by atoms with Gasteiger partial charge in [-0.25, -0.2) is 4.39 Å². The van der Waals surface area contributed by atoms with Gasteiger partial charge in [-0.3, -0.25) is 4.79 Å². The van der Waals surface area contributed by atoms with Crippen LogP contribution < -0.4 is 5.32 Å². The van der Waals surface area contributed by atoms with Crippen LogP contribution in [0, 0.1) is 5.82 Å². The molecule has 1 atom stereocenters. The summed E-state index contributed by atoms with van der Waals surface area (Å²) in [7, 11) is 3.76. The Labute approximate surface area is 151 Å². The summed E-state index contributed by atoms with van der Waals surface area (Å²) < 4.78 is 18.7. The topological polar surface area (TPSA) is 58.4 Å². The average molecular weight is 353 g/mol. The fourth-order valence-corrected chi connectivity index (χ4v) is 2.71. The average Bonchev–Trinajstić information content (AvgIpc) is 3.12. The van der Waals surface area contributed by atoms with Gasteiger partial charge in [0, 0.05) is 18.2 Å². The number of likely N-dealkylation sites (N-methyl/N-ethyl adjacent to an activating group) is 1. The number of amides is 1. The van der Waals surface area contributed by atoms with Crippen LogP contribution >= 0.6 is 0 Å². The molecule has 0 fully saturated rings. The van der Waals surface area contributed by atoms with Crippen molar-refractivity contribution in [1.82, 2.24) is 15.4 Å². The number of hydrogen-bond donors (Lipinski definition) is 1. The summed E-state index contributed by atoms with van der Waals surface area (Å²) in [5.41, 5.74) is 1.85. The number of carbonyl (C=O) groups excluding carboxylic acids is 1. The molecule has 3 aromatic rings. The van der Waals surface area contributed by atoms with Crippen LogP contribution in [-0.4, -0.2) is 36.6 Å². The lowest BCUT2D eigenvalue weighted by molar-refractivity contribution is 0.0933. The monoisotopic (exact) mass is 353 g/mol. The molecule has 3 rings (SSSR count). The Hall–Kier alpha value is -2.99. The fourth-order valence-electron chi connectivity index (χ4n) is 2.71. The second-order valence-corrected chi connectivity index (χ2v) is 6.19. The summed E-state index contributed by atoms with van der Waals surface area (Å²) in [5.74, 6) is -0.103. The maximum atomic E-state index is 13.5. The molecule has 0 aliphatic carbocycles. The minimum absolute atomic E-state index is 0.157. The largest absolute Gasteiger partial charge is 0.355 e. The van der Waals surface area contributed by atoms with Gasteiger partial charge in [0.2, 0.25) is 0 Å². The maximum absolute atomic E-state index is 13.5. The number of nitrogens with zero attached hydrogens (tertiary/aromatic N) is 2. The van der Waals surface area contributed by atoms with Gasteiger partial charge in [-0.1, -0.05) is 47.6 Å². The molecule has 0 radical (unpaired) electrons. The zero-order chi connectivity index (χ0) is 18.5. The molecule has 0 bridgehead atoms. The Morgan fingerprint density at radius 3 is 2.62 bits per heavy atom. The molecule has 1 unspecified atom stereocenters. The zero-order valence-corrected chi connectivity index (χ0v) is 14.6. The van der Waals surface area contributed by atoms with Crippen molar-refractivity contribution in [2.24, 2.45) is 0 Å². The van der Waals surface area contributed by atoms with E-state index in [4.69, 9.17) is 4.52 Å². The van der Waals surface area contributed by atoms with Gasteiger partial charge >= 0.3 is 0 Å². The standard InChI is InChI=1S/C20H20FN3O2/c1-24(2)18(15-9-6-10-16(21)11-15)13-22-20(25)17-12-19(26-23-17)14-7-4-3-5-8-14/h3-12,18H,13H2,1-2H3,(H,22,25). The van der Waals surface area contributed by atoms with E-state index in [-0.39, 0.29) is 23.5 Å². The Morgan fingerprint density at radius 2 is 1.92 bits per heavy atom. The summed E-state index contributed by atoms with van der Waals surface area (Å²) in [4.78, 5) is 14.3. The van der Waals surface area contributed by atoms with E-state index in [0.717, 1.165) is 11.1 Å². The van der Waals surface area contributed by atoms with Gasteiger partial charge in [0.15, 0.2) is 11.5 Å². The smallest absolute Gasteiger partial charge is 0.273 e. The van der Waals surface area contributed by atoms with E-state index in [1.54, 1.807) is 12.1 Å². The Kier molecular flexibility index (Phi) is 5.43. The summed E-state index contributed by atoms with van der Waals surface area (Å²) >= 11 is 0. The van der Waals surface area contributed by atoms with Gasteiger partial charge in [0.25, 0.3) is 5.91 Å². The molecule has 1 amide bonds. The van der Waals surface area contributed by atoms with Crippen LogP contribution in [0.4, 0.5) is 4.39 Å². The van der Waals surface area contributed by atoms with Crippen LogP contribution in [0.3, 0.4) is 0 Å². The van der Waals surface area contributed by atoms with E-state index in [2.05, 4.69) is 10.5 Å². The van der Waals surface area contributed by atoms with E-state index in [1.165, 1.54) is 12.1 Å². The normalized spacial score (nSPS) is 12.2. The van der Waals surface area contributed by atoms with Crippen molar-refractivity contribution >= 4 is 5.91 Å². The van der Waals surface area contributed by atoms with E-state index in [9.17, 15) is 9.18 Å². The summed E-state index contributed by atoms with van der Waals surface area (Å²) in [6.07, 6.45) is 0. The molecular formula is C20H20FN3O2. The van der Waals surface area contributed by atoms with E-state index >= 15 is 0 Å². The number of benzene rings is 2. The molecule has 6 heteroatoms. The third-order valence-electron chi connectivity index (χ3n) is 4.11. The Morgan fingerprint density at radius 1 is 1.15 bits per heavy atom. The lowest BCUT2D eigenvalue weighted by atomic mass is 10.1. The maximum Gasteiger partial charge on any atom is 0.273 e. The molecule has 1 N–H and O–H groups in total. The molecule has 1 aromatic heterocycles. The van der Waals surface area contributed by atoms with Crippen LogP contribution in [0.2, 0.25) is 0 Å². The number of carbonyl (C=O) groups is 1. The summed E-state index contributed by atoms with van der Waals surface area (Å²) in [6, 6.07) is 17.3. The minimum Gasteiger partial charge on any atom is -0.355 e. The van der Waals surface area contributed by atoms with Crippen molar-refractivity contribution in [1.29, 1.82) is 0 Å². The van der Waals surface area contributed by atoms with Crippen molar-refractivity contribution in [2.75, 3.05) is 20.6 Å². The highest BCUT2D eigenvalue weighted by Crippen LogP contribution is 2.21. The second kappa shape index (κ2) is 7.93. The molecule has 0 saturated heterocycles. The molecular weight excluding hydrogens is 333 g/mol. The summed E-state index contributed by atoms with van der Waals surface area (Å²) in [5, 5.41) is 6.68. The number of rotatable bonds is 6. The molecule has 0 spiro atoms. The third-order valence-corrected chi connectivity index (χ3v) is 4.11. The Bertz CT molecular complexity index is 878. The van der Waals surface area contributed by atoms with Crippen LogP contribution in [0.5, 0.6) is 0 Å². The van der Waals surface area contributed by atoms with Crippen LogP contribution in [0.15, 0.2) is 65.2 Å². The molecule has 26 heavy (non-hydrogen) atoms. The molecule has 5 nitrogen and oxygen atoms in total. The highest BCUT2D eigenvalue weighted by atomic mass is 19.1. The molecule has 0 aliphatic heterocycles. The van der Waals surface area contributed by atoms with Gasteiger partial charge in [-0.2, -0.15) is 0 Å². The molecule has 1 heterocycles. The molecule has 0 aliphatic rings. The van der Waals surface area contributed by atoms with Crippen molar-refractivity contribution in [3.63, 3.8) is 0 Å². The second-order valence-electron chi connectivity index (χ2n) is 6.19. The predicted octanol–water partition coefficient (Wildman–Crippen LogP) is 3.51.